The van der Waals surface area contributed by atoms with Crippen molar-refractivity contribution >= 4 is 29.7 Å². The van der Waals surface area contributed by atoms with Crippen molar-refractivity contribution in [3.63, 3.8) is 0 Å². The van der Waals surface area contributed by atoms with Gasteiger partial charge in [-0.05, 0) is 36.4 Å². The molecule has 8 nitrogen and oxygen atoms in total. The first kappa shape index (κ1) is 28.1. The van der Waals surface area contributed by atoms with Crippen LogP contribution in [-0.2, 0) is 18.9 Å². The van der Waals surface area contributed by atoms with Crippen LogP contribution in [0.1, 0.15) is 31.1 Å². The summed E-state index contributed by atoms with van der Waals surface area (Å²) in [6.45, 7) is 3.18. The summed E-state index contributed by atoms with van der Waals surface area (Å²) in [7, 11) is 0. The topological polar surface area (TPSA) is 108 Å². The molecule has 3 aromatic rings. The van der Waals surface area contributed by atoms with Crippen molar-refractivity contribution in [3.05, 3.63) is 120 Å². The summed E-state index contributed by atoms with van der Waals surface area (Å²) in [5.74, 6) is -1.69. The van der Waals surface area contributed by atoms with Gasteiger partial charge in [-0.1, -0.05) is 60.7 Å². The van der Waals surface area contributed by atoms with Crippen molar-refractivity contribution < 1.29 is 38.4 Å². The molecule has 1 fully saturated rings. The maximum atomic E-state index is 13.2. The lowest BCUT2D eigenvalue weighted by atomic mass is 9.98. The van der Waals surface area contributed by atoms with Crippen LogP contribution in [0.3, 0.4) is 0 Å². The molecule has 1 saturated heterocycles. The molecule has 0 saturated carbocycles. The number of ether oxygens (including phenoxy) is 4. The van der Waals surface area contributed by atoms with Crippen molar-refractivity contribution in [2.45, 2.75) is 29.9 Å². The minimum atomic E-state index is -1.30. The van der Waals surface area contributed by atoms with Gasteiger partial charge < -0.3 is 24.1 Å². The number of rotatable bonds is 10. The molecule has 1 N–H and O–H groups in total. The van der Waals surface area contributed by atoms with Gasteiger partial charge in [0.25, 0.3) is 0 Å². The molecule has 1 heterocycles. The van der Waals surface area contributed by atoms with E-state index >= 15 is 0 Å². The number of thioether (sulfide) groups is 1. The molecule has 0 bridgehead atoms. The number of carbonyl (C=O) groups excluding carboxylic acids is 3. The fraction of sp³-hybridized carbons (Fsp3) is 0.233. The van der Waals surface area contributed by atoms with Gasteiger partial charge in [0.05, 0.1) is 23.3 Å². The second-order valence-electron chi connectivity index (χ2n) is 8.56. The zero-order valence-electron chi connectivity index (χ0n) is 21.0. The molecule has 0 radical (unpaired) electrons. The Hall–Kier alpha value is -3.92. The molecule has 1 aliphatic rings. The van der Waals surface area contributed by atoms with Gasteiger partial charge in [0.2, 0.25) is 0 Å². The van der Waals surface area contributed by atoms with Crippen LogP contribution in [0.2, 0.25) is 0 Å². The van der Waals surface area contributed by atoms with Crippen LogP contribution < -0.4 is 0 Å². The SMILES string of the molecule is C=CCS[C@H]1O[C@H](CO)[C@H](OC(=O)c2ccccc2)[C@H](OC(=O)c2ccccc2)[C@H]1OC(=O)c1ccccc1. The fourth-order valence-electron chi connectivity index (χ4n) is 4.02. The molecule has 0 amide bonds. The maximum absolute atomic E-state index is 13.2. The van der Waals surface area contributed by atoms with E-state index in [4.69, 9.17) is 18.9 Å². The lowest BCUT2D eigenvalue weighted by Gasteiger charge is -2.44. The van der Waals surface area contributed by atoms with Gasteiger partial charge in [0.15, 0.2) is 18.3 Å². The van der Waals surface area contributed by atoms with Crippen LogP contribution in [0, 0.1) is 0 Å². The number of aliphatic hydroxyl groups is 1. The third kappa shape index (κ3) is 7.14. The Kier molecular flexibility index (Phi) is 9.91. The van der Waals surface area contributed by atoms with Crippen molar-refractivity contribution in [1.29, 1.82) is 0 Å². The van der Waals surface area contributed by atoms with E-state index in [1.54, 1.807) is 97.1 Å². The number of hydrogen-bond donors (Lipinski definition) is 1. The van der Waals surface area contributed by atoms with Crippen molar-refractivity contribution in [1.82, 2.24) is 0 Å². The molecular formula is C30H28O8S. The Morgan fingerprint density at radius 3 is 1.54 bits per heavy atom. The lowest BCUT2D eigenvalue weighted by molar-refractivity contribution is -0.207. The Bertz CT molecular complexity index is 1250. The van der Waals surface area contributed by atoms with Gasteiger partial charge in [-0.2, -0.15) is 0 Å². The highest BCUT2D eigenvalue weighted by Crippen LogP contribution is 2.35. The molecule has 39 heavy (non-hydrogen) atoms. The molecule has 0 aliphatic carbocycles. The van der Waals surface area contributed by atoms with Crippen molar-refractivity contribution in [2.75, 3.05) is 12.4 Å². The normalized spacial score (nSPS) is 22.3. The summed E-state index contributed by atoms with van der Waals surface area (Å²) in [5, 5.41) is 10.2. The Balaban J connectivity index is 1.71. The molecule has 3 aromatic carbocycles. The summed E-state index contributed by atoms with van der Waals surface area (Å²) in [6.07, 6.45) is -3.20. The van der Waals surface area contributed by atoms with Gasteiger partial charge in [-0.3, -0.25) is 0 Å². The molecular weight excluding hydrogens is 520 g/mol. The van der Waals surface area contributed by atoms with Gasteiger partial charge in [0, 0.05) is 5.75 Å². The summed E-state index contributed by atoms with van der Waals surface area (Å²) in [6, 6.07) is 24.8. The highest BCUT2D eigenvalue weighted by Gasteiger charge is 2.52. The lowest BCUT2D eigenvalue weighted by Crippen LogP contribution is -2.61. The zero-order chi connectivity index (χ0) is 27.6. The van der Waals surface area contributed by atoms with E-state index in [0.29, 0.717) is 5.75 Å². The molecule has 4 rings (SSSR count). The molecule has 1 aliphatic heterocycles. The average molecular weight is 549 g/mol. The van der Waals surface area contributed by atoms with Gasteiger partial charge in [-0.15, -0.1) is 18.3 Å². The maximum Gasteiger partial charge on any atom is 0.338 e. The highest BCUT2D eigenvalue weighted by atomic mass is 32.2. The predicted octanol–water partition coefficient (Wildman–Crippen LogP) is 4.30. The van der Waals surface area contributed by atoms with E-state index in [1.165, 1.54) is 11.8 Å². The predicted molar refractivity (Wildman–Crippen MR) is 145 cm³/mol. The zero-order valence-corrected chi connectivity index (χ0v) is 21.8. The molecule has 0 unspecified atom stereocenters. The molecule has 202 valence electrons. The Morgan fingerprint density at radius 1 is 0.718 bits per heavy atom. The van der Waals surface area contributed by atoms with Crippen LogP contribution in [0.5, 0.6) is 0 Å². The van der Waals surface area contributed by atoms with Crippen molar-refractivity contribution in [3.8, 4) is 0 Å². The minimum Gasteiger partial charge on any atom is -0.452 e. The van der Waals surface area contributed by atoms with E-state index in [2.05, 4.69) is 6.58 Å². The van der Waals surface area contributed by atoms with Gasteiger partial charge >= 0.3 is 17.9 Å². The second kappa shape index (κ2) is 13.7. The van der Waals surface area contributed by atoms with E-state index in [9.17, 15) is 19.5 Å². The quantitative estimate of drug-likeness (QED) is 0.225. The largest absolute Gasteiger partial charge is 0.452 e. The van der Waals surface area contributed by atoms with E-state index < -0.39 is 54.4 Å². The van der Waals surface area contributed by atoms with Crippen LogP contribution in [-0.4, -0.2) is 65.2 Å². The van der Waals surface area contributed by atoms with Crippen molar-refractivity contribution in [2.24, 2.45) is 0 Å². The monoisotopic (exact) mass is 548 g/mol. The molecule has 5 atom stereocenters. The smallest absolute Gasteiger partial charge is 0.338 e. The minimum absolute atomic E-state index is 0.251. The third-order valence-electron chi connectivity index (χ3n) is 5.91. The third-order valence-corrected chi connectivity index (χ3v) is 7.04. The summed E-state index contributed by atoms with van der Waals surface area (Å²) >= 11 is 1.25. The molecule has 0 aromatic heterocycles. The Morgan fingerprint density at radius 2 is 1.13 bits per heavy atom. The standard InChI is InChI=1S/C30H28O8S/c1-2-18-39-30-26(38-29(34)22-16-10-5-11-17-22)25(37-28(33)21-14-8-4-9-15-21)24(23(19-31)35-30)36-27(32)20-12-6-3-7-13-20/h2-17,23-26,30-31H,1,18-19H2/t23-,24+,25+,26-,30-/m1/s1. The van der Waals surface area contributed by atoms with Crippen LogP contribution in [0.15, 0.2) is 104 Å². The number of benzene rings is 3. The average Bonchev–Trinajstić information content (AvgIpc) is 2.99. The first-order valence-corrected chi connectivity index (χ1v) is 13.3. The second-order valence-corrected chi connectivity index (χ2v) is 9.69. The summed E-state index contributed by atoms with van der Waals surface area (Å²) < 4.78 is 23.6. The summed E-state index contributed by atoms with van der Waals surface area (Å²) in [4.78, 5) is 39.4. The van der Waals surface area contributed by atoms with E-state index in [0.717, 1.165) is 0 Å². The number of aliphatic hydroxyl groups excluding tert-OH is 1. The highest BCUT2D eigenvalue weighted by molar-refractivity contribution is 7.99. The fourth-order valence-corrected chi connectivity index (χ4v) is 4.97. The van der Waals surface area contributed by atoms with Crippen LogP contribution in [0.25, 0.3) is 0 Å². The Labute approximate surface area is 230 Å². The van der Waals surface area contributed by atoms with Crippen LogP contribution in [0.4, 0.5) is 0 Å². The number of hydrogen-bond acceptors (Lipinski definition) is 9. The molecule has 0 spiro atoms. The van der Waals surface area contributed by atoms with E-state index in [1.807, 2.05) is 0 Å². The summed E-state index contributed by atoms with van der Waals surface area (Å²) in [5.41, 5.74) is -0.0855. The van der Waals surface area contributed by atoms with Crippen LogP contribution >= 0.6 is 11.8 Å². The molecule has 9 heteroatoms. The van der Waals surface area contributed by atoms with Gasteiger partial charge in [0.1, 0.15) is 11.5 Å². The number of carbonyl (C=O) groups is 3. The number of esters is 3. The first-order valence-electron chi connectivity index (χ1n) is 12.3. The first-order chi connectivity index (χ1) is 19.0. The van der Waals surface area contributed by atoms with Gasteiger partial charge in [-0.25, -0.2) is 14.4 Å². The van der Waals surface area contributed by atoms with E-state index in [-0.39, 0.29) is 16.7 Å².